The molecule has 0 aliphatic heterocycles. The van der Waals surface area contributed by atoms with Crippen LogP contribution in [0.2, 0.25) is 0 Å². The van der Waals surface area contributed by atoms with Crippen molar-refractivity contribution in [2.24, 2.45) is 0 Å². The molecule has 4 aromatic rings. The summed E-state index contributed by atoms with van der Waals surface area (Å²) in [6.45, 7) is 6.68. The van der Waals surface area contributed by atoms with E-state index in [1.807, 2.05) is 60.9 Å². The van der Waals surface area contributed by atoms with Crippen molar-refractivity contribution in [3.63, 3.8) is 0 Å². The van der Waals surface area contributed by atoms with Gasteiger partial charge < -0.3 is 14.0 Å². The van der Waals surface area contributed by atoms with Crippen molar-refractivity contribution in [2.45, 2.75) is 32.0 Å². The highest BCUT2D eigenvalue weighted by molar-refractivity contribution is 7.99. The third kappa shape index (κ3) is 5.16. The van der Waals surface area contributed by atoms with Gasteiger partial charge >= 0.3 is 0 Å². The number of aromatic nitrogens is 5. The van der Waals surface area contributed by atoms with Gasteiger partial charge in [0.15, 0.2) is 16.8 Å². The van der Waals surface area contributed by atoms with Gasteiger partial charge in [-0.2, -0.15) is 0 Å². The van der Waals surface area contributed by atoms with Crippen LogP contribution in [-0.4, -0.2) is 56.7 Å². The maximum Gasteiger partial charge on any atom is 0.196 e. The summed E-state index contributed by atoms with van der Waals surface area (Å²) in [6.07, 6.45) is 3.44. The highest BCUT2D eigenvalue weighted by atomic mass is 32.2. The number of ether oxygens (including phenoxy) is 2. The molecule has 0 bridgehead atoms. The molecule has 3 heterocycles. The number of rotatable bonds is 10. The van der Waals surface area contributed by atoms with Crippen molar-refractivity contribution in [1.29, 1.82) is 0 Å². The summed E-state index contributed by atoms with van der Waals surface area (Å²) in [5.41, 5.74) is 4.48. The van der Waals surface area contributed by atoms with E-state index in [2.05, 4.69) is 26.7 Å². The summed E-state index contributed by atoms with van der Waals surface area (Å²) in [4.78, 5) is 17.3. The lowest BCUT2D eigenvalue weighted by atomic mass is 10.2. The van der Waals surface area contributed by atoms with Crippen LogP contribution in [0.15, 0.2) is 60.0 Å². The van der Waals surface area contributed by atoms with Crippen LogP contribution in [0.25, 0.3) is 17.1 Å². The Kier molecular flexibility index (Phi) is 7.67. The zero-order valence-corrected chi connectivity index (χ0v) is 21.4. The zero-order chi connectivity index (χ0) is 24.9. The molecule has 9 heteroatoms. The van der Waals surface area contributed by atoms with Gasteiger partial charge in [-0.05, 0) is 63.2 Å². The fourth-order valence-electron chi connectivity index (χ4n) is 4.28. The third-order valence-electron chi connectivity index (χ3n) is 5.87. The highest BCUT2D eigenvalue weighted by Crippen LogP contribution is 2.30. The van der Waals surface area contributed by atoms with Crippen molar-refractivity contribution in [3.8, 4) is 22.8 Å². The van der Waals surface area contributed by atoms with Crippen LogP contribution >= 0.6 is 11.8 Å². The summed E-state index contributed by atoms with van der Waals surface area (Å²) >= 11 is 1.37. The summed E-state index contributed by atoms with van der Waals surface area (Å²) in [6, 6.07) is 13.6. The minimum Gasteiger partial charge on any atom is -0.497 e. The molecule has 0 spiro atoms. The SMILES string of the molecule is COC[C@H](C)n1c(C)cc(C(=O)CSc2nnc(-c3ccncc3)n2-c2ccc(OC)cc2)c1C. The maximum absolute atomic E-state index is 13.2. The quantitative estimate of drug-likeness (QED) is 0.229. The summed E-state index contributed by atoms with van der Waals surface area (Å²) in [7, 11) is 3.32. The van der Waals surface area contributed by atoms with E-state index in [9.17, 15) is 4.79 Å². The molecule has 8 nitrogen and oxygen atoms in total. The number of pyridine rings is 1. The molecule has 0 aliphatic rings. The number of carbonyl (C=O) groups is 1. The molecule has 0 saturated carbocycles. The second kappa shape index (κ2) is 10.9. The molecule has 0 radical (unpaired) electrons. The predicted octanol–water partition coefficient (Wildman–Crippen LogP) is 4.94. The van der Waals surface area contributed by atoms with E-state index in [4.69, 9.17) is 9.47 Å². The van der Waals surface area contributed by atoms with E-state index in [1.165, 1.54) is 11.8 Å². The number of benzene rings is 1. The van der Waals surface area contributed by atoms with Crippen LogP contribution in [0.4, 0.5) is 0 Å². The molecule has 0 N–H and O–H groups in total. The van der Waals surface area contributed by atoms with Gasteiger partial charge in [-0.3, -0.25) is 14.3 Å². The molecule has 0 saturated heterocycles. The number of hydrogen-bond donors (Lipinski definition) is 0. The smallest absolute Gasteiger partial charge is 0.196 e. The molecule has 0 unspecified atom stereocenters. The van der Waals surface area contributed by atoms with E-state index in [1.54, 1.807) is 26.6 Å². The monoisotopic (exact) mass is 491 g/mol. The molecule has 0 aliphatic carbocycles. The lowest BCUT2D eigenvalue weighted by molar-refractivity contribution is 0.102. The number of nitrogens with zero attached hydrogens (tertiary/aromatic N) is 5. The Morgan fingerprint density at radius 3 is 2.43 bits per heavy atom. The van der Waals surface area contributed by atoms with Gasteiger partial charge in [-0.1, -0.05) is 11.8 Å². The van der Waals surface area contributed by atoms with Gasteiger partial charge in [0.2, 0.25) is 0 Å². The summed E-state index contributed by atoms with van der Waals surface area (Å²) in [5, 5.41) is 9.50. The number of carbonyl (C=O) groups excluding carboxylic acids is 1. The van der Waals surface area contributed by atoms with Crippen molar-refractivity contribution < 1.29 is 14.3 Å². The molecule has 35 heavy (non-hydrogen) atoms. The topological polar surface area (TPSA) is 84.1 Å². The molecular formula is C26H29N5O3S. The molecule has 3 aromatic heterocycles. The Bertz CT molecular complexity index is 1300. The van der Waals surface area contributed by atoms with Crippen LogP contribution in [0.5, 0.6) is 5.75 Å². The number of ketones is 1. The van der Waals surface area contributed by atoms with Crippen LogP contribution in [-0.2, 0) is 4.74 Å². The molecule has 182 valence electrons. The fraction of sp³-hybridized carbons (Fsp3) is 0.308. The standard InChI is InChI=1S/C26H29N5O3S/c1-17-14-23(19(3)30(17)18(2)15-33-4)24(32)16-35-26-29-28-25(20-10-12-27-13-11-20)31(26)21-6-8-22(34-5)9-7-21/h6-14,18H,15-16H2,1-5H3/t18-/m0/s1. The Labute approximate surface area is 209 Å². The summed E-state index contributed by atoms with van der Waals surface area (Å²) < 4.78 is 14.7. The van der Waals surface area contributed by atoms with E-state index in [0.717, 1.165) is 34.0 Å². The number of aryl methyl sites for hydroxylation is 1. The average Bonchev–Trinajstić information content (AvgIpc) is 3.43. The Morgan fingerprint density at radius 1 is 1.06 bits per heavy atom. The number of methoxy groups -OCH3 is 2. The average molecular weight is 492 g/mol. The largest absolute Gasteiger partial charge is 0.497 e. The fourth-order valence-corrected chi connectivity index (χ4v) is 5.11. The number of thioether (sulfide) groups is 1. The van der Waals surface area contributed by atoms with Gasteiger partial charge in [0.1, 0.15) is 5.75 Å². The van der Waals surface area contributed by atoms with E-state index >= 15 is 0 Å². The first-order valence-corrected chi connectivity index (χ1v) is 12.3. The van der Waals surface area contributed by atoms with Gasteiger partial charge in [-0.15, -0.1) is 10.2 Å². The van der Waals surface area contributed by atoms with E-state index < -0.39 is 0 Å². The van der Waals surface area contributed by atoms with Crippen LogP contribution in [0.3, 0.4) is 0 Å². The zero-order valence-electron chi connectivity index (χ0n) is 20.6. The first-order valence-electron chi connectivity index (χ1n) is 11.3. The number of hydrogen-bond acceptors (Lipinski definition) is 7. The first-order chi connectivity index (χ1) is 16.9. The lowest BCUT2D eigenvalue weighted by Gasteiger charge is -2.17. The van der Waals surface area contributed by atoms with Crippen molar-refractivity contribution in [2.75, 3.05) is 26.6 Å². The van der Waals surface area contributed by atoms with E-state index in [0.29, 0.717) is 17.6 Å². The van der Waals surface area contributed by atoms with Crippen LogP contribution in [0, 0.1) is 13.8 Å². The Hall–Kier alpha value is -3.43. The predicted molar refractivity (Wildman–Crippen MR) is 137 cm³/mol. The normalized spacial score (nSPS) is 12.0. The highest BCUT2D eigenvalue weighted by Gasteiger charge is 2.21. The van der Waals surface area contributed by atoms with Crippen LogP contribution in [0.1, 0.15) is 34.7 Å². The van der Waals surface area contributed by atoms with E-state index in [-0.39, 0.29) is 17.6 Å². The first kappa shape index (κ1) is 24.7. The van der Waals surface area contributed by atoms with Crippen molar-refractivity contribution >= 4 is 17.5 Å². The molecule has 1 aromatic carbocycles. The minimum atomic E-state index is 0.0497. The molecule has 0 fully saturated rings. The third-order valence-corrected chi connectivity index (χ3v) is 6.80. The Morgan fingerprint density at radius 2 is 1.77 bits per heavy atom. The van der Waals surface area contributed by atoms with Crippen molar-refractivity contribution in [3.05, 3.63) is 71.8 Å². The number of Topliss-reactive ketones (excluding diaryl/α,β-unsaturated/α-hetero) is 1. The van der Waals surface area contributed by atoms with Gasteiger partial charge in [-0.25, -0.2) is 0 Å². The maximum atomic E-state index is 13.2. The summed E-state index contributed by atoms with van der Waals surface area (Å²) in [5.74, 6) is 1.73. The molecule has 4 rings (SSSR count). The van der Waals surface area contributed by atoms with Crippen LogP contribution < -0.4 is 4.74 Å². The lowest BCUT2D eigenvalue weighted by Crippen LogP contribution is -2.14. The van der Waals surface area contributed by atoms with Gasteiger partial charge in [0, 0.05) is 47.7 Å². The molecular weight excluding hydrogens is 462 g/mol. The molecule has 1 atom stereocenters. The molecule has 0 amide bonds. The van der Waals surface area contributed by atoms with Gasteiger partial charge in [0.05, 0.1) is 25.5 Å². The Balaban J connectivity index is 1.63. The van der Waals surface area contributed by atoms with Crippen molar-refractivity contribution in [1.82, 2.24) is 24.3 Å². The minimum absolute atomic E-state index is 0.0497. The second-order valence-corrected chi connectivity index (χ2v) is 9.19. The second-order valence-electron chi connectivity index (χ2n) is 8.25. The van der Waals surface area contributed by atoms with Gasteiger partial charge in [0.25, 0.3) is 0 Å².